The second-order valence-electron chi connectivity index (χ2n) is 4.55. The van der Waals surface area contributed by atoms with Gasteiger partial charge < -0.3 is 14.4 Å². The van der Waals surface area contributed by atoms with Crippen LogP contribution in [0.15, 0.2) is 24.3 Å². The van der Waals surface area contributed by atoms with Crippen LogP contribution < -0.4 is 9.64 Å². The van der Waals surface area contributed by atoms with Crippen molar-refractivity contribution in [3.8, 4) is 5.75 Å². The molecule has 1 aromatic carbocycles. The molecule has 0 amide bonds. The molecular formula is C12H15NO2. The average molecular weight is 205 g/mol. The van der Waals surface area contributed by atoms with E-state index < -0.39 is 0 Å². The van der Waals surface area contributed by atoms with Crippen molar-refractivity contribution in [3.63, 3.8) is 0 Å². The number of methoxy groups -OCH3 is 1. The summed E-state index contributed by atoms with van der Waals surface area (Å²) in [6, 6.07) is 8.26. The molecule has 2 aliphatic rings. The molecule has 0 saturated carbocycles. The van der Waals surface area contributed by atoms with Gasteiger partial charge in [-0.25, -0.2) is 0 Å². The van der Waals surface area contributed by atoms with Gasteiger partial charge in [0.2, 0.25) is 0 Å². The molecule has 2 heterocycles. The van der Waals surface area contributed by atoms with Gasteiger partial charge in [0.15, 0.2) is 0 Å². The van der Waals surface area contributed by atoms with Crippen LogP contribution in [0.1, 0.15) is 0 Å². The number of hydrogen-bond donors (Lipinski definition) is 0. The van der Waals surface area contributed by atoms with Crippen LogP contribution in [-0.4, -0.2) is 33.4 Å². The molecule has 3 nitrogen and oxygen atoms in total. The summed E-state index contributed by atoms with van der Waals surface area (Å²) in [5.74, 6) is 0.918. The van der Waals surface area contributed by atoms with Gasteiger partial charge in [0, 0.05) is 18.8 Å². The van der Waals surface area contributed by atoms with E-state index in [0.29, 0.717) is 5.41 Å². The van der Waals surface area contributed by atoms with E-state index in [2.05, 4.69) is 17.0 Å². The molecule has 3 rings (SSSR count). The van der Waals surface area contributed by atoms with Gasteiger partial charge in [-0.05, 0) is 24.3 Å². The van der Waals surface area contributed by atoms with Gasteiger partial charge in [0.25, 0.3) is 0 Å². The van der Waals surface area contributed by atoms with Crippen molar-refractivity contribution < 1.29 is 9.47 Å². The number of ether oxygens (including phenoxy) is 2. The van der Waals surface area contributed by atoms with E-state index in [-0.39, 0.29) is 0 Å². The lowest BCUT2D eigenvalue weighted by atomic mass is 9.78. The van der Waals surface area contributed by atoms with Gasteiger partial charge in [-0.1, -0.05) is 0 Å². The summed E-state index contributed by atoms with van der Waals surface area (Å²) in [6.45, 7) is 4.16. The minimum Gasteiger partial charge on any atom is -0.497 e. The zero-order chi connectivity index (χ0) is 10.3. The quantitative estimate of drug-likeness (QED) is 0.731. The highest BCUT2D eigenvalue weighted by molar-refractivity contribution is 5.52. The fourth-order valence-corrected chi connectivity index (χ4v) is 2.31. The molecule has 3 heteroatoms. The van der Waals surface area contributed by atoms with Crippen molar-refractivity contribution in [2.45, 2.75) is 0 Å². The standard InChI is InChI=1S/C12H15NO2/c1-14-11-4-2-10(3-5-11)13-6-12(7-13)8-15-9-12/h2-5H,6-9H2,1H3. The third-order valence-corrected chi connectivity index (χ3v) is 3.31. The van der Waals surface area contributed by atoms with Crippen LogP contribution >= 0.6 is 0 Å². The van der Waals surface area contributed by atoms with E-state index in [1.54, 1.807) is 7.11 Å². The maximum atomic E-state index is 5.25. The van der Waals surface area contributed by atoms with Crippen LogP contribution in [-0.2, 0) is 4.74 Å². The van der Waals surface area contributed by atoms with E-state index in [1.807, 2.05) is 12.1 Å². The molecule has 0 radical (unpaired) electrons. The fourth-order valence-electron chi connectivity index (χ4n) is 2.31. The second kappa shape index (κ2) is 3.14. The van der Waals surface area contributed by atoms with Crippen molar-refractivity contribution >= 4 is 5.69 Å². The predicted molar refractivity (Wildman–Crippen MR) is 58.5 cm³/mol. The number of benzene rings is 1. The van der Waals surface area contributed by atoms with Crippen molar-refractivity contribution in [2.75, 3.05) is 38.3 Å². The van der Waals surface area contributed by atoms with Crippen molar-refractivity contribution in [3.05, 3.63) is 24.3 Å². The molecule has 0 atom stereocenters. The van der Waals surface area contributed by atoms with Crippen molar-refractivity contribution in [1.82, 2.24) is 0 Å². The summed E-state index contributed by atoms with van der Waals surface area (Å²) in [4.78, 5) is 2.39. The number of nitrogens with zero attached hydrogens (tertiary/aromatic N) is 1. The smallest absolute Gasteiger partial charge is 0.119 e. The van der Waals surface area contributed by atoms with Crippen LogP contribution in [0.25, 0.3) is 0 Å². The lowest BCUT2D eigenvalue weighted by molar-refractivity contribution is -0.127. The third-order valence-electron chi connectivity index (χ3n) is 3.31. The Hall–Kier alpha value is -1.22. The largest absolute Gasteiger partial charge is 0.497 e. The van der Waals surface area contributed by atoms with Gasteiger partial charge in [0.05, 0.1) is 25.7 Å². The molecule has 1 spiro atoms. The Morgan fingerprint density at radius 3 is 2.33 bits per heavy atom. The molecular weight excluding hydrogens is 190 g/mol. The third kappa shape index (κ3) is 1.38. The predicted octanol–water partition coefficient (Wildman–Crippen LogP) is 1.53. The monoisotopic (exact) mass is 205 g/mol. The molecule has 2 fully saturated rings. The molecule has 0 N–H and O–H groups in total. The minimum atomic E-state index is 0.486. The SMILES string of the molecule is COc1ccc(N2CC3(COC3)C2)cc1. The summed E-state index contributed by atoms with van der Waals surface area (Å²) in [7, 11) is 1.69. The summed E-state index contributed by atoms with van der Waals surface area (Å²) in [5, 5.41) is 0. The van der Waals surface area contributed by atoms with Gasteiger partial charge >= 0.3 is 0 Å². The van der Waals surface area contributed by atoms with Crippen LogP contribution in [0.5, 0.6) is 5.75 Å². The van der Waals surface area contributed by atoms with Gasteiger partial charge in [-0.15, -0.1) is 0 Å². The Bertz CT molecular complexity index is 348. The van der Waals surface area contributed by atoms with Crippen molar-refractivity contribution in [2.24, 2.45) is 5.41 Å². The van der Waals surface area contributed by atoms with Gasteiger partial charge in [-0.3, -0.25) is 0 Å². The Morgan fingerprint density at radius 1 is 1.20 bits per heavy atom. The first-order chi connectivity index (χ1) is 7.31. The zero-order valence-electron chi connectivity index (χ0n) is 8.90. The molecule has 15 heavy (non-hydrogen) atoms. The first-order valence-corrected chi connectivity index (χ1v) is 5.28. The number of hydrogen-bond acceptors (Lipinski definition) is 3. The van der Waals surface area contributed by atoms with E-state index in [4.69, 9.17) is 9.47 Å². The molecule has 0 aliphatic carbocycles. The number of anilines is 1. The zero-order valence-corrected chi connectivity index (χ0v) is 8.90. The first-order valence-electron chi connectivity index (χ1n) is 5.28. The minimum absolute atomic E-state index is 0.486. The fraction of sp³-hybridized carbons (Fsp3) is 0.500. The summed E-state index contributed by atoms with van der Waals surface area (Å²) >= 11 is 0. The average Bonchev–Trinajstić information content (AvgIpc) is 2.14. The molecule has 2 aliphatic heterocycles. The molecule has 0 bridgehead atoms. The lowest BCUT2D eigenvalue weighted by Crippen LogP contribution is -2.66. The normalized spacial score (nSPS) is 22.1. The maximum absolute atomic E-state index is 5.25. The first kappa shape index (κ1) is 9.04. The Labute approximate surface area is 89.6 Å². The van der Waals surface area contributed by atoms with Crippen molar-refractivity contribution in [1.29, 1.82) is 0 Å². The van der Waals surface area contributed by atoms with Gasteiger partial charge in [-0.2, -0.15) is 0 Å². The van der Waals surface area contributed by atoms with Gasteiger partial charge in [0.1, 0.15) is 5.75 Å². The van der Waals surface area contributed by atoms with E-state index >= 15 is 0 Å². The Balaban J connectivity index is 1.67. The molecule has 0 unspecified atom stereocenters. The maximum Gasteiger partial charge on any atom is 0.119 e. The van der Waals surface area contributed by atoms with E-state index in [0.717, 1.165) is 32.1 Å². The van der Waals surface area contributed by atoms with E-state index in [1.165, 1.54) is 5.69 Å². The number of rotatable bonds is 2. The van der Waals surface area contributed by atoms with Crippen LogP contribution in [0.4, 0.5) is 5.69 Å². The summed E-state index contributed by atoms with van der Waals surface area (Å²) in [5.41, 5.74) is 1.77. The Morgan fingerprint density at radius 2 is 1.87 bits per heavy atom. The van der Waals surface area contributed by atoms with Crippen LogP contribution in [0, 0.1) is 5.41 Å². The highest BCUT2D eigenvalue weighted by Crippen LogP contribution is 2.40. The highest BCUT2D eigenvalue weighted by Gasteiger charge is 2.48. The van der Waals surface area contributed by atoms with Crippen LogP contribution in [0.2, 0.25) is 0 Å². The molecule has 2 saturated heterocycles. The lowest BCUT2D eigenvalue weighted by Gasteiger charge is -2.56. The molecule has 0 aromatic heterocycles. The van der Waals surface area contributed by atoms with Crippen LogP contribution in [0.3, 0.4) is 0 Å². The summed E-state index contributed by atoms with van der Waals surface area (Å²) in [6.07, 6.45) is 0. The topological polar surface area (TPSA) is 21.7 Å². The molecule has 1 aromatic rings. The Kier molecular flexibility index (Phi) is 1.89. The summed E-state index contributed by atoms with van der Waals surface area (Å²) < 4.78 is 10.4. The molecule has 80 valence electrons. The highest BCUT2D eigenvalue weighted by atomic mass is 16.5. The van der Waals surface area contributed by atoms with E-state index in [9.17, 15) is 0 Å². The second-order valence-corrected chi connectivity index (χ2v) is 4.55.